The van der Waals surface area contributed by atoms with Crippen LogP contribution in [0.4, 0.5) is 5.95 Å². The SMILES string of the molecule is Cc1cc(C(=O)NCc2cccnc2)nc(NC(C)C)n1. The summed E-state index contributed by atoms with van der Waals surface area (Å²) in [7, 11) is 0. The van der Waals surface area contributed by atoms with Gasteiger partial charge in [0, 0.05) is 30.7 Å². The van der Waals surface area contributed by atoms with Gasteiger partial charge in [0.25, 0.3) is 5.91 Å². The first-order chi connectivity index (χ1) is 10.0. The molecule has 0 radical (unpaired) electrons. The summed E-state index contributed by atoms with van der Waals surface area (Å²) in [5.74, 6) is 0.243. The third-order valence-electron chi connectivity index (χ3n) is 2.68. The quantitative estimate of drug-likeness (QED) is 0.877. The largest absolute Gasteiger partial charge is 0.352 e. The molecule has 0 spiro atoms. The van der Waals surface area contributed by atoms with E-state index < -0.39 is 0 Å². The van der Waals surface area contributed by atoms with E-state index in [4.69, 9.17) is 0 Å². The fourth-order valence-electron chi connectivity index (χ4n) is 1.78. The Morgan fingerprint density at radius 2 is 2.14 bits per heavy atom. The van der Waals surface area contributed by atoms with Crippen LogP contribution in [0.2, 0.25) is 0 Å². The number of aromatic nitrogens is 3. The molecular formula is C15H19N5O. The Kier molecular flexibility index (Phi) is 4.81. The van der Waals surface area contributed by atoms with Crippen molar-refractivity contribution in [3.8, 4) is 0 Å². The molecule has 0 saturated heterocycles. The number of hydrogen-bond acceptors (Lipinski definition) is 5. The normalized spacial score (nSPS) is 10.5. The van der Waals surface area contributed by atoms with E-state index in [1.165, 1.54) is 0 Å². The van der Waals surface area contributed by atoms with Crippen molar-refractivity contribution in [2.45, 2.75) is 33.4 Å². The van der Waals surface area contributed by atoms with Crippen LogP contribution in [0.5, 0.6) is 0 Å². The van der Waals surface area contributed by atoms with Crippen molar-refractivity contribution >= 4 is 11.9 Å². The summed E-state index contributed by atoms with van der Waals surface area (Å²) in [6, 6.07) is 5.62. The molecule has 6 nitrogen and oxygen atoms in total. The summed E-state index contributed by atoms with van der Waals surface area (Å²) >= 11 is 0. The van der Waals surface area contributed by atoms with Gasteiger partial charge in [-0.25, -0.2) is 9.97 Å². The zero-order valence-electron chi connectivity index (χ0n) is 12.4. The summed E-state index contributed by atoms with van der Waals surface area (Å²) < 4.78 is 0. The number of hydrogen-bond donors (Lipinski definition) is 2. The van der Waals surface area contributed by atoms with E-state index in [2.05, 4.69) is 25.6 Å². The van der Waals surface area contributed by atoms with Gasteiger partial charge in [-0.2, -0.15) is 0 Å². The van der Waals surface area contributed by atoms with Gasteiger partial charge < -0.3 is 10.6 Å². The Bertz CT molecular complexity index is 613. The minimum atomic E-state index is -0.226. The second-order valence-electron chi connectivity index (χ2n) is 5.06. The summed E-state index contributed by atoms with van der Waals surface area (Å²) in [6.07, 6.45) is 3.42. The lowest BCUT2D eigenvalue weighted by atomic mass is 10.2. The van der Waals surface area contributed by atoms with Crippen molar-refractivity contribution in [3.05, 3.63) is 47.5 Å². The average molecular weight is 285 g/mol. The number of aryl methyl sites for hydroxylation is 1. The third-order valence-corrected chi connectivity index (χ3v) is 2.68. The van der Waals surface area contributed by atoms with Gasteiger partial charge in [0.2, 0.25) is 5.95 Å². The molecular weight excluding hydrogens is 266 g/mol. The van der Waals surface area contributed by atoms with Gasteiger partial charge in [-0.15, -0.1) is 0 Å². The zero-order chi connectivity index (χ0) is 15.2. The Morgan fingerprint density at radius 3 is 2.81 bits per heavy atom. The highest BCUT2D eigenvalue weighted by Gasteiger charge is 2.10. The van der Waals surface area contributed by atoms with Crippen LogP contribution in [-0.2, 0) is 6.54 Å². The highest BCUT2D eigenvalue weighted by molar-refractivity contribution is 5.92. The molecule has 1 amide bonds. The lowest BCUT2D eigenvalue weighted by Gasteiger charge is -2.10. The van der Waals surface area contributed by atoms with Crippen molar-refractivity contribution in [2.75, 3.05) is 5.32 Å². The highest BCUT2D eigenvalue weighted by atomic mass is 16.1. The Morgan fingerprint density at radius 1 is 1.33 bits per heavy atom. The van der Waals surface area contributed by atoms with Gasteiger partial charge in [0.05, 0.1) is 0 Å². The van der Waals surface area contributed by atoms with Crippen molar-refractivity contribution in [2.24, 2.45) is 0 Å². The van der Waals surface area contributed by atoms with E-state index in [-0.39, 0.29) is 11.9 Å². The number of carbonyl (C=O) groups is 1. The number of nitrogens with zero attached hydrogens (tertiary/aromatic N) is 3. The second kappa shape index (κ2) is 6.78. The minimum absolute atomic E-state index is 0.207. The van der Waals surface area contributed by atoms with Gasteiger partial charge in [0.15, 0.2) is 0 Å². The number of amides is 1. The fourth-order valence-corrected chi connectivity index (χ4v) is 1.78. The fraction of sp³-hybridized carbons (Fsp3) is 0.333. The maximum Gasteiger partial charge on any atom is 0.270 e. The third kappa shape index (κ3) is 4.52. The van der Waals surface area contributed by atoms with Crippen molar-refractivity contribution in [3.63, 3.8) is 0 Å². The Hall–Kier alpha value is -2.50. The van der Waals surface area contributed by atoms with E-state index in [0.29, 0.717) is 18.2 Å². The molecule has 0 unspecified atom stereocenters. The summed E-state index contributed by atoms with van der Waals surface area (Å²) in [6.45, 7) is 6.25. The first-order valence-electron chi connectivity index (χ1n) is 6.84. The number of rotatable bonds is 5. The minimum Gasteiger partial charge on any atom is -0.352 e. The molecule has 2 aromatic heterocycles. The van der Waals surface area contributed by atoms with Gasteiger partial charge in [-0.3, -0.25) is 9.78 Å². The molecule has 110 valence electrons. The molecule has 0 saturated carbocycles. The van der Waals surface area contributed by atoms with E-state index in [0.717, 1.165) is 11.3 Å². The van der Waals surface area contributed by atoms with Crippen LogP contribution in [0, 0.1) is 6.92 Å². The molecule has 0 aromatic carbocycles. The molecule has 0 atom stereocenters. The van der Waals surface area contributed by atoms with E-state index in [9.17, 15) is 4.79 Å². The Labute approximate surface area is 124 Å². The van der Waals surface area contributed by atoms with Crippen LogP contribution >= 0.6 is 0 Å². The first kappa shape index (κ1) is 14.9. The van der Waals surface area contributed by atoms with Crippen LogP contribution in [0.3, 0.4) is 0 Å². The van der Waals surface area contributed by atoms with Crippen LogP contribution in [0.15, 0.2) is 30.6 Å². The van der Waals surface area contributed by atoms with Crippen LogP contribution in [0.25, 0.3) is 0 Å². The lowest BCUT2D eigenvalue weighted by Crippen LogP contribution is -2.25. The van der Waals surface area contributed by atoms with E-state index in [1.807, 2.05) is 32.9 Å². The molecule has 21 heavy (non-hydrogen) atoms. The van der Waals surface area contributed by atoms with Crippen LogP contribution in [-0.4, -0.2) is 26.9 Å². The first-order valence-corrected chi connectivity index (χ1v) is 6.84. The monoisotopic (exact) mass is 285 g/mol. The Balaban J connectivity index is 2.06. The summed E-state index contributed by atoms with van der Waals surface area (Å²) in [5, 5.41) is 5.93. The molecule has 6 heteroatoms. The average Bonchev–Trinajstić information content (AvgIpc) is 2.44. The molecule has 2 rings (SSSR count). The highest BCUT2D eigenvalue weighted by Crippen LogP contribution is 2.06. The van der Waals surface area contributed by atoms with Gasteiger partial charge in [-0.05, 0) is 38.5 Å². The number of carbonyl (C=O) groups excluding carboxylic acids is 1. The predicted octanol–water partition coefficient (Wildman–Crippen LogP) is 1.93. The summed E-state index contributed by atoms with van der Waals surface area (Å²) in [5.41, 5.74) is 2.05. The molecule has 0 bridgehead atoms. The molecule has 0 fully saturated rings. The van der Waals surface area contributed by atoms with Gasteiger partial charge >= 0.3 is 0 Å². The molecule has 0 aliphatic rings. The molecule has 0 aliphatic carbocycles. The number of anilines is 1. The van der Waals surface area contributed by atoms with Crippen molar-refractivity contribution in [1.82, 2.24) is 20.3 Å². The van der Waals surface area contributed by atoms with Crippen molar-refractivity contribution < 1.29 is 4.79 Å². The zero-order valence-corrected chi connectivity index (χ0v) is 12.4. The van der Waals surface area contributed by atoms with Gasteiger partial charge in [-0.1, -0.05) is 6.07 Å². The van der Waals surface area contributed by atoms with Crippen molar-refractivity contribution in [1.29, 1.82) is 0 Å². The van der Waals surface area contributed by atoms with Gasteiger partial charge in [0.1, 0.15) is 5.69 Å². The van der Waals surface area contributed by atoms with E-state index >= 15 is 0 Å². The second-order valence-corrected chi connectivity index (χ2v) is 5.06. The molecule has 2 heterocycles. The smallest absolute Gasteiger partial charge is 0.270 e. The molecule has 0 aliphatic heterocycles. The standard InChI is InChI=1S/C15H19N5O/c1-10(2)18-15-19-11(3)7-13(20-15)14(21)17-9-12-5-4-6-16-8-12/h4-8,10H,9H2,1-3H3,(H,17,21)(H,18,19,20). The van der Waals surface area contributed by atoms with Crippen LogP contribution in [0.1, 0.15) is 35.6 Å². The number of nitrogens with one attached hydrogen (secondary N) is 2. The predicted molar refractivity (Wildman–Crippen MR) is 80.9 cm³/mol. The maximum atomic E-state index is 12.2. The molecule has 2 aromatic rings. The summed E-state index contributed by atoms with van der Waals surface area (Å²) in [4.78, 5) is 24.7. The molecule has 2 N–H and O–H groups in total. The lowest BCUT2D eigenvalue weighted by molar-refractivity contribution is 0.0945. The topological polar surface area (TPSA) is 79.8 Å². The maximum absolute atomic E-state index is 12.2. The number of pyridine rings is 1. The van der Waals surface area contributed by atoms with Crippen LogP contribution < -0.4 is 10.6 Å². The van der Waals surface area contributed by atoms with E-state index in [1.54, 1.807) is 18.5 Å².